The number of rotatable bonds is 4. The Labute approximate surface area is 79.4 Å². The number of carbonyl (C=O) groups excluding carboxylic acids is 1. The van der Waals surface area contributed by atoms with Crippen LogP contribution in [-0.2, 0) is 14.3 Å². The van der Waals surface area contributed by atoms with E-state index in [-0.39, 0.29) is 5.92 Å². The fourth-order valence-corrected chi connectivity index (χ4v) is 1.65. The number of methoxy groups -OCH3 is 1. The molecule has 0 N–H and O–H groups in total. The van der Waals surface area contributed by atoms with Crippen molar-refractivity contribution in [1.29, 1.82) is 0 Å². The van der Waals surface area contributed by atoms with Gasteiger partial charge in [0.25, 0.3) is 0 Å². The van der Waals surface area contributed by atoms with E-state index >= 15 is 0 Å². The second kappa shape index (κ2) is 5.35. The Balaban J connectivity index is 2.34. The maximum atomic E-state index is 11.5. The molecular formula is C10H18O3. The molecule has 0 aromatic carbocycles. The molecule has 0 spiro atoms. The molecule has 1 rings (SSSR count). The van der Waals surface area contributed by atoms with E-state index in [0.29, 0.717) is 31.3 Å². The van der Waals surface area contributed by atoms with Crippen LogP contribution in [-0.4, -0.2) is 32.7 Å². The van der Waals surface area contributed by atoms with Gasteiger partial charge in [-0.05, 0) is 12.3 Å². The van der Waals surface area contributed by atoms with Crippen molar-refractivity contribution in [2.75, 3.05) is 26.9 Å². The van der Waals surface area contributed by atoms with Gasteiger partial charge >= 0.3 is 0 Å². The maximum Gasteiger partial charge on any atom is 0.140 e. The van der Waals surface area contributed by atoms with E-state index in [4.69, 9.17) is 9.47 Å². The first-order valence-electron chi connectivity index (χ1n) is 4.85. The van der Waals surface area contributed by atoms with Gasteiger partial charge in [-0.2, -0.15) is 0 Å². The van der Waals surface area contributed by atoms with Crippen molar-refractivity contribution in [3.8, 4) is 0 Å². The predicted octanol–water partition coefficient (Wildman–Crippen LogP) is 1.26. The van der Waals surface area contributed by atoms with Crippen molar-refractivity contribution in [3.05, 3.63) is 0 Å². The van der Waals surface area contributed by atoms with E-state index in [0.717, 1.165) is 13.0 Å². The van der Waals surface area contributed by atoms with Crippen LogP contribution in [0.1, 0.15) is 19.8 Å². The number of carbonyl (C=O) groups is 1. The Morgan fingerprint density at radius 3 is 3.08 bits per heavy atom. The van der Waals surface area contributed by atoms with Gasteiger partial charge in [0, 0.05) is 26.1 Å². The highest BCUT2D eigenvalue weighted by Gasteiger charge is 2.27. The van der Waals surface area contributed by atoms with Gasteiger partial charge in [-0.25, -0.2) is 0 Å². The van der Waals surface area contributed by atoms with Crippen LogP contribution in [0.3, 0.4) is 0 Å². The molecule has 0 radical (unpaired) electrons. The van der Waals surface area contributed by atoms with Gasteiger partial charge in [0.15, 0.2) is 0 Å². The molecule has 1 aliphatic rings. The molecule has 0 saturated carbocycles. The lowest BCUT2D eigenvalue weighted by atomic mass is 9.86. The monoisotopic (exact) mass is 186 g/mol. The van der Waals surface area contributed by atoms with Crippen molar-refractivity contribution in [3.63, 3.8) is 0 Å². The smallest absolute Gasteiger partial charge is 0.140 e. The fraction of sp³-hybridized carbons (Fsp3) is 0.900. The second-order valence-electron chi connectivity index (χ2n) is 3.66. The largest absolute Gasteiger partial charge is 0.385 e. The quantitative estimate of drug-likeness (QED) is 0.663. The molecule has 0 aromatic rings. The molecule has 0 bridgehead atoms. The molecule has 3 nitrogen and oxygen atoms in total. The molecule has 2 atom stereocenters. The molecule has 1 saturated heterocycles. The standard InChI is InChI=1S/C10H18O3/c1-8(3-5-12-2)9-7-13-6-4-10(9)11/h8-9H,3-7H2,1-2H3. The minimum atomic E-state index is 0.101. The number of hydrogen-bond donors (Lipinski definition) is 0. The van der Waals surface area contributed by atoms with Gasteiger partial charge in [0.05, 0.1) is 13.2 Å². The number of hydrogen-bond acceptors (Lipinski definition) is 3. The zero-order chi connectivity index (χ0) is 9.68. The Kier molecular flexibility index (Phi) is 4.39. The van der Waals surface area contributed by atoms with E-state index < -0.39 is 0 Å². The summed E-state index contributed by atoms with van der Waals surface area (Å²) >= 11 is 0. The van der Waals surface area contributed by atoms with Crippen LogP contribution < -0.4 is 0 Å². The van der Waals surface area contributed by atoms with Crippen LogP contribution in [0.15, 0.2) is 0 Å². The van der Waals surface area contributed by atoms with Crippen molar-refractivity contribution in [2.45, 2.75) is 19.8 Å². The first-order valence-corrected chi connectivity index (χ1v) is 4.85. The average Bonchev–Trinajstić information content (AvgIpc) is 2.15. The highest BCUT2D eigenvalue weighted by atomic mass is 16.5. The van der Waals surface area contributed by atoms with E-state index in [1.165, 1.54) is 0 Å². The van der Waals surface area contributed by atoms with Gasteiger partial charge in [-0.3, -0.25) is 4.79 Å². The van der Waals surface area contributed by atoms with E-state index in [2.05, 4.69) is 6.92 Å². The van der Waals surface area contributed by atoms with Crippen molar-refractivity contribution in [2.24, 2.45) is 11.8 Å². The third kappa shape index (κ3) is 3.08. The highest BCUT2D eigenvalue weighted by molar-refractivity contribution is 5.82. The summed E-state index contributed by atoms with van der Waals surface area (Å²) in [6.07, 6.45) is 1.53. The van der Waals surface area contributed by atoms with Gasteiger partial charge in [0.1, 0.15) is 5.78 Å². The molecular weight excluding hydrogens is 168 g/mol. The third-order valence-electron chi connectivity index (χ3n) is 2.67. The number of ether oxygens (including phenoxy) is 2. The highest BCUT2D eigenvalue weighted by Crippen LogP contribution is 2.21. The molecule has 0 amide bonds. The molecule has 1 fully saturated rings. The Hall–Kier alpha value is -0.410. The maximum absolute atomic E-state index is 11.5. The summed E-state index contributed by atoms with van der Waals surface area (Å²) in [6.45, 7) is 4.03. The number of Topliss-reactive ketones (excluding diaryl/α,β-unsaturated/α-hetero) is 1. The van der Waals surface area contributed by atoms with Crippen LogP contribution in [0, 0.1) is 11.8 Å². The van der Waals surface area contributed by atoms with E-state index in [1.54, 1.807) is 7.11 Å². The minimum Gasteiger partial charge on any atom is -0.385 e. The minimum absolute atomic E-state index is 0.101. The lowest BCUT2D eigenvalue weighted by Gasteiger charge is -2.26. The Bertz CT molecular complexity index is 168. The lowest BCUT2D eigenvalue weighted by molar-refractivity contribution is -0.133. The van der Waals surface area contributed by atoms with Crippen LogP contribution in [0.5, 0.6) is 0 Å². The summed E-state index contributed by atoms with van der Waals surface area (Å²) in [5.41, 5.74) is 0. The van der Waals surface area contributed by atoms with Crippen LogP contribution in [0.2, 0.25) is 0 Å². The lowest BCUT2D eigenvalue weighted by Crippen LogP contribution is -2.32. The Morgan fingerprint density at radius 1 is 1.69 bits per heavy atom. The van der Waals surface area contributed by atoms with Gasteiger partial charge < -0.3 is 9.47 Å². The molecule has 0 aliphatic carbocycles. The van der Waals surface area contributed by atoms with Crippen molar-refractivity contribution < 1.29 is 14.3 Å². The summed E-state index contributed by atoms with van der Waals surface area (Å²) in [5, 5.41) is 0. The van der Waals surface area contributed by atoms with Gasteiger partial charge in [0.2, 0.25) is 0 Å². The molecule has 0 aromatic heterocycles. The van der Waals surface area contributed by atoms with Crippen LogP contribution >= 0.6 is 0 Å². The SMILES string of the molecule is COCCC(C)C1COCCC1=O. The average molecular weight is 186 g/mol. The zero-order valence-electron chi connectivity index (χ0n) is 8.41. The summed E-state index contributed by atoms with van der Waals surface area (Å²) in [6, 6.07) is 0. The molecule has 1 aliphatic heterocycles. The van der Waals surface area contributed by atoms with E-state index in [1.807, 2.05) is 0 Å². The van der Waals surface area contributed by atoms with Gasteiger partial charge in [-0.15, -0.1) is 0 Å². The first-order chi connectivity index (χ1) is 6.25. The second-order valence-corrected chi connectivity index (χ2v) is 3.66. The van der Waals surface area contributed by atoms with Crippen LogP contribution in [0.4, 0.5) is 0 Å². The molecule has 13 heavy (non-hydrogen) atoms. The summed E-state index contributed by atoms with van der Waals surface area (Å²) < 4.78 is 10.3. The molecule has 3 heteroatoms. The molecule has 2 unspecified atom stereocenters. The summed E-state index contributed by atoms with van der Waals surface area (Å²) in [7, 11) is 1.69. The Morgan fingerprint density at radius 2 is 2.46 bits per heavy atom. The van der Waals surface area contributed by atoms with Gasteiger partial charge in [-0.1, -0.05) is 6.92 Å². The molecule has 1 heterocycles. The first kappa shape index (κ1) is 10.7. The van der Waals surface area contributed by atoms with E-state index in [9.17, 15) is 4.79 Å². The topological polar surface area (TPSA) is 35.5 Å². The van der Waals surface area contributed by atoms with Crippen molar-refractivity contribution in [1.82, 2.24) is 0 Å². The third-order valence-corrected chi connectivity index (χ3v) is 2.67. The summed E-state index contributed by atoms with van der Waals surface area (Å²) in [5.74, 6) is 0.839. The zero-order valence-corrected chi connectivity index (χ0v) is 8.41. The van der Waals surface area contributed by atoms with Crippen LogP contribution in [0.25, 0.3) is 0 Å². The normalized spacial score (nSPS) is 26.0. The fourth-order valence-electron chi connectivity index (χ4n) is 1.65. The number of ketones is 1. The van der Waals surface area contributed by atoms with Crippen molar-refractivity contribution >= 4 is 5.78 Å². The predicted molar refractivity (Wildman–Crippen MR) is 49.6 cm³/mol. The summed E-state index contributed by atoms with van der Waals surface area (Å²) in [4.78, 5) is 11.5. The molecule has 76 valence electrons.